The van der Waals surface area contributed by atoms with E-state index >= 15 is 0 Å². The van der Waals surface area contributed by atoms with Gasteiger partial charge in [0.2, 0.25) is 5.91 Å². The maximum absolute atomic E-state index is 13.1. The summed E-state index contributed by atoms with van der Waals surface area (Å²) in [6.07, 6.45) is -1.12. The molecule has 2 saturated heterocycles. The highest BCUT2D eigenvalue weighted by Gasteiger charge is 2.48. The number of carbonyl (C=O) groups is 2. The number of piperazine rings is 1. The molecule has 2 unspecified atom stereocenters. The zero-order chi connectivity index (χ0) is 21.5. The van der Waals surface area contributed by atoms with Gasteiger partial charge in [-0.1, -0.05) is 39.8 Å². The summed E-state index contributed by atoms with van der Waals surface area (Å²) in [6, 6.07) is 8.61. The molecule has 2 aliphatic rings. The van der Waals surface area contributed by atoms with E-state index in [0.29, 0.717) is 13.0 Å². The predicted molar refractivity (Wildman–Crippen MR) is 111 cm³/mol. The van der Waals surface area contributed by atoms with Gasteiger partial charge >= 0.3 is 0 Å². The molecule has 29 heavy (non-hydrogen) atoms. The average Bonchev–Trinajstić information content (AvgIpc) is 2.68. The van der Waals surface area contributed by atoms with Crippen molar-refractivity contribution in [2.75, 3.05) is 18.0 Å². The van der Waals surface area contributed by atoms with Gasteiger partial charge in [0.15, 0.2) is 0 Å². The maximum Gasteiger partial charge on any atom is 0.272 e. The van der Waals surface area contributed by atoms with Crippen LogP contribution in [-0.4, -0.2) is 58.3 Å². The van der Waals surface area contributed by atoms with Crippen molar-refractivity contribution in [2.24, 2.45) is 11.8 Å². The van der Waals surface area contributed by atoms with Crippen molar-refractivity contribution >= 4 is 17.5 Å². The Labute approximate surface area is 172 Å². The molecule has 3 rings (SSSR count). The van der Waals surface area contributed by atoms with Gasteiger partial charge in [-0.2, -0.15) is 0 Å². The van der Waals surface area contributed by atoms with Crippen molar-refractivity contribution in [1.82, 2.24) is 10.4 Å². The Hall–Kier alpha value is -2.12. The number of carbonyl (C=O) groups excluding carboxylic acids is 2. The normalized spacial score (nSPS) is 28.7. The minimum atomic E-state index is -1.54. The molecule has 7 heteroatoms. The van der Waals surface area contributed by atoms with Crippen molar-refractivity contribution in [2.45, 2.75) is 64.6 Å². The zero-order valence-corrected chi connectivity index (χ0v) is 17.9. The fourth-order valence-electron chi connectivity index (χ4n) is 4.70. The number of hydrogen-bond donors (Lipinski definition) is 3. The first-order valence-corrected chi connectivity index (χ1v) is 10.3. The zero-order valence-electron chi connectivity index (χ0n) is 17.9. The number of aliphatic hydroxyl groups is 1. The fourth-order valence-corrected chi connectivity index (χ4v) is 4.70. The van der Waals surface area contributed by atoms with Crippen LogP contribution in [0.1, 0.15) is 46.6 Å². The SMILES string of the molecule is CC1C[C@@H]([C@H](O)C(=O)NO)C(=O)N2C1CN(c1ccc(C(C)(C)C)cc1)C[C@H]2C. The first-order valence-electron chi connectivity index (χ1n) is 10.3. The summed E-state index contributed by atoms with van der Waals surface area (Å²) < 4.78 is 0. The second-order valence-electron chi connectivity index (χ2n) is 9.60. The lowest BCUT2D eigenvalue weighted by Gasteiger charge is -2.53. The summed E-state index contributed by atoms with van der Waals surface area (Å²) in [6.45, 7) is 12.1. The number of aliphatic hydroxyl groups excluding tert-OH is 1. The molecule has 0 radical (unpaired) electrons. The smallest absolute Gasteiger partial charge is 0.272 e. The Morgan fingerprint density at radius 1 is 1.17 bits per heavy atom. The molecule has 7 nitrogen and oxygen atoms in total. The molecule has 2 aliphatic heterocycles. The van der Waals surface area contributed by atoms with Gasteiger partial charge in [0.05, 0.1) is 12.0 Å². The van der Waals surface area contributed by atoms with Crippen molar-refractivity contribution in [3.8, 4) is 0 Å². The largest absolute Gasteiger partial charge is 0.382 e. The van der Waals surface area contributed by atoms with E-state index in [1.807, 2.05) is 11.8 Å². The Kier molecular flexibility index (Phi) is 5.92. The Balaban J connectivity index is 1.79. The van der Waals surface area contributed by atoms with Crippen molar-refractivity contribution in [3.63, 3.8) is 0 Å². The maximum atomic E-state index is 13.1. The van der Waals surface area contributed by atoms with Crippen LogP contribution in [-0.2, 0) is 15.0 Å². The second-order valence-corrected chi connectivity index (χ2v) is 9.60. The van der Waals surface area contributed by atoms with Gasteiger partial charge in [-0.15, -0.1) is 0 Å². The molecule has 1 aromatic rings. The number of anilines is 1. The lowest BCUT2D eigenvalue weighted by atomic mass is 9.78. The van der Waals surface area contributed by atoms with Crippen molar-refractivity contribution in [3.05, 3.63) is 29.8 Å². The Bertz CT molecular complexity index is 758. The third-order valence-electron chi connectivity index (χ3n) is 6.44. The summed E-state index contributed by atoms with van der Waals surface area (Å²) in [5.41, 5.74) is 3.99. The van der Waals surface area contributed by atoms with Crippen LogP contribution in [0.15, 0.2) is 24.3 Å². The molecule has 2 amide bonds. The fraction of sp³-hybridized carbons (Fsp3) is 0.636. The molecular weight excluding hydrogens is 370 g/mol. The van der Waals surface area contributed by atoms with E-state index < -0.39 is 17.9 Å². The van der Waals surface area contributed by atoms with Gasteiger partial charge in [-0.25, -0.2) is 5.48 Å². The average molecular weight is 404 g/mol. The third-order valence-corrected chi connectivity index (χ3v) is 6.44. The van der Waals surface area contributed by atoms with Gasteiger partial charge in [0, 0.05) is 24.8 Å². The molecule has 2 fully saturated rings. The molecular formula is C22H33N3O4. The predicted octanol–water partition coefficient (Wildman–Crippen LogP) is 1.91. The number of benzene rings is 1. The van der Waals surface area contributed by atoms with Crippen molar-refractivity contribution < 1.29 is 19.9 Å². The topological polar surface area (TPSA) is 93.1 Å². The van der Waals surface area contributed by atoms with Crippen LogP contribution in [0.25, 0.3) is 0 Å². The minimum Gasteiger partial charge on any atom is -0.382 e. The number of nitrogens with zero attached hydrogens (tertiary/aromatic N) is 2. The van der Waals surface area contributed by atoms with Gasteiger partial charge in [0.25, 0.3) is 5.91 Å². The number of rotatable bonds is 3. The summed E-state index contributed by atoms with van der Waals surface area (Å²) >= 11 is 0. The van der Waals surface area contributed by atoms with Crippen LogP contribution in [0, 0.1) is 11.8 Å². The number of hydroxylamine groups is 1. The van der Waals surface area contributed by atoms with Gasteiger partial charge < -0.3 is 14.9 Å². The van der Waals surface area contributed by atoms with Crippen LogP contribution >= 0.6 is 0 Å². The van der Waals surface area contributed by atoms with Crippen LogP contribution in [0.4, 0.5) is 5.69 Å². The number of piperidine rings is 1. The van der Waals surface area contributed by atoms with Crippen LogP contribution in [0.5, 0.6) is 0 Å². The Morgan fingerprint density at radius 2 is 1.79 bits per heavy atom. The lowest BCUT2D eigenvalue weighted by Crippen LogP contribution is -2.67. The monoisotopic (exact) mass is 403 g/mol. The third kappa shape index (κ3) is 4.12. The Morgan fingerprint density at radius 3 is 2.34 bits per heavy atom. The number of nitrogens with one attached hydrogen (secondary N) is 1. The summed E-state index contributed by atoms with van der Waals surface area (Å²) in [7, 11) is 0. The van der Waals surface area contributed by atoms with Crippen LogP contribution in [0.3, 0.4) is 0 Å². The molecule has 2 heterocycles. The van der Waals surface area contributed by atoms with Gasteiger partial charge in [-0.05, 0) is 42.4 Å². The standard InChI is InChI=1S/C22H33N3O4/c1-13-10-17(19(26)20(27)23-29)21(28)25-14(2)11-24(12-18(13)25)16-8-6-15(7-9-16)22(3,4)5/h6-9,13-14,17-19,26,29H,10-12H2,1-5H3,(H,23,27)/t13?,14-,17+,18?,19+/m1/s1. The number of fused-ring (bicyclic) bond motifs is 1. The molecule has 0 aliphatic carbocycles. The molecule has 0 bridgehead atoms. The molecule has 0 spiro atoms. The van der Waals surface area contributed by atoms with E-state index in [9.17, 15) is 14.7 Å². The van der Waals surface area contributed by atoms with E-state index in [2.05, 4.69) is 56.9 Å². The van der Waals surface area contributed by atoms with Gasteiger partial charge in [0.1, 0.15) is 6.10 Å². The highest BCUT2D eigenvalue weighted by atomic mass is 16.5. The van der Waals surface area contributed by atoms with Crippen LogP contribution < -0.4 is 10.4 Å². The highest BCUT2D eigenvalue weighted by molar-refractivity contribution is 5.89. The first kappa shape index (κ1) is 21.6. The summed E-state index contributed by atoms with van der Waals surface area (Å²) in [5.74, 6) is -1.84. The molecule has 1 aromatic carbocycles. The van der Waals surface area contributed by atoms with E-state index in [1.54, 1.807) is 0 Å². The highest BCUT2D eigenvalue weighted by Crippen LogP contribution is 2.36. The molecule has 3 N–H and O–H groups in total. The summed E-state index contributed by atoms with van der Waals surface area (Å²) in [5, 5.41) is 19.0. The van der Waals surface area contributed by atoms with E-state index in [1.165, 1.54) is 11.0 Å². The molecule has 0 saturated carbocycles. The van der Waals surface area contributed by atoms with E-state index in [4.69, 9.17) is 5.21 Å². The number of hydrogen-bond acceptors (Lipinski definition) is 5. The second kappa shape index (κ2) is 7.95. The van der Waals surface area contributed by atoms with Gasteiger partial charge in [-0.3, -0.25) is 14.8 Å². The quantitative estimate of drug-likeness (QED) is 0.530. The lowest BCUT2D eigenvalue weighted by molar-refractivity contribution is -0.160. The van der Waals surface area contributed by atoms with E-state index in [0.717, 1.165) is 12.2 Å². The number of amides is 2. The minimum absolute atomic E-state index is 0.0224. The molecule has 5 atom stereocenters. The summed E-state index contributed by atoms with van der Waals surface area (Å²) in [4.78, 5) is 28.9. The van der Waals surface area contributed by atoms with Crippen molar-refractivity contribution in [1.29, 1.82) is 0 Å². The first-order chi connectivity index (χ1) is 13.5. The van der Waals surface area contributed by atoms with E-state index in [-0.39, 0.29) is 29.3 Å². The molecule has 160 valence electrons. The molecule has 0 aromatic heterocycles. The van der Waals surface area contributed by atoms with Crippen LogP contribution in [0.2, 0.25) is 0 Å².